The second-order valence-corrected chi connectivity index (χ2v) is 10.4. The number of hydrogen-bond acceptors (Lipinski definition) is 9. The van der Waals surface area contributed by atoms with Crippen molar-refractivity contribution in [2.75, 3.05) is 31.1 Å². The molecule has 0 saturated carbocycles. The molecule has 4 aliphatic rings. The Hall–Kier alpha value is -2.57. The Morgan fingerprint density at radius 2 is 2.15 bits per heavy atom. The van der Waals surface area contributed by atoms with Crippen LogP contribution in [-0.2, 0) is 9.59 Å². The summed E-state index contributed by atoms with van der Waals surface area (Å²) < 4.78 is 5.49. The third kappa shape index (κ3) is 3.69. The van der Waals surface area contributed by atoms with Crippen LogP contribution in [0, 0.1) is 11.8 Å². The smallest absolute Gasteiger partial charge is 0.353 e. The van der Waals surface area contributed by atoms with Gasteiger partial charge in [0.15, 0.2) is 5.69 Å². The Labute approximate surface area is 194 Å². The molecule has 0 radical (unpaired) electrons. The number of thioether (sulfide) groups is 1. The minimum Gasteiger partial charge on any atom is -0.477 e. The first kappa shape index (κ1) is 22.2. The zero-order chi connectivity index (χ0) is 23.4. The fraction of sp³-hybridized carbons (Fsp3) is 0.619. The van der Waals surface area contributed by atoms with Crippen LogP contribution in [0.2, 0.25) is 0 Å². The summed E-state index contributed by atoms with van der Waals surface area (Å²) >= 11 is 1.46. The molecule has 0 aliphatic carbocycles. The summed E-state index contributed by atoms with van der Waals surface area (Å²) in [7, 11) is 0. The van der Waals surface area contributed by atoms with Gasteiger partial charge in [0.25, 0.3) is 11.9 Å². The lowest BCUT2D eigenvalue weighted by atomic mass is 9.79. The fourth-order valence-corrected chi connectivity index (χ4v) is 6.60. The average Bonchev–Trinajstić information content (AvgIpc) is 3.44. The van der Waals surface area contributed by atoms with Crippen LogP contribution >= 0.6 is 11.8 Å². The molecule has 3 fully saturated rings. The topological polar surface area (TPSA) is 148 Å². The Morgan fingerprint density at radius 3 is 2.79 bits per heavy atom. The number of aromatic nitrogens is 1. The molecule has 5 atom stereocenters. The Balaban J connectivity index is 1.21. The zero-order valence-electron chi connectivity index (χ0n) is 18.4. The van der Waals surface area contributed by atoms with Crippen molar-refractivity contribution >= 4 is 35.6 Å². The third-order valence-electron chi connectivity index (χ3n) is 6.84. The molecule has 5 rings (SSSR count). The first-order valence-corrected chi connectivity index (χ1v) is 12.0. The number of carbonyl (C=O) groups is 3. The lowest BCUT2D eigenvalue weighted by molar-refractivity contribution is -0.163. The van der Waals surface area contributed by atoms with Gasteiger partial charge in [-0.15, -0.1) is 11.8 Å². The number of oxazole rings is 1. The van der Waals surface area contributed by atoms with Gasteiger partial charge in [0, 0.05) is 41.7 Å². The minimum atomic E-state index is -1.12. The second-order valence-electron chi connectivity index (χ2n) is 9.10. The summed E-state index contributed by atoms with van der Waals surface area (Å²) in [6.45, 7) is 6.27. The molecule has 11 nitrogen and oxygen atoms in total. The highest BCUT2D eigenvalue weighted by molar-refractivity contribution is 8.03. The van der Waals surface area contributed by atoms with Gasteiger partial charge in [-0.25, -0.2) is 4.79 Å². The van der Waals surface area contributed by atoms with Gasteiger partial charge < -0.3 is 35.1 Å². The fourth-order valence-electron chi connectivity index (χ4n) is 5.08. The Kier molecular flexibility index (Phi) is 5.61. The number of anilines is 1. The molecule has 0 unspecified atom stereocenters. The molecule has 4 N–H and O–H groups in total. The van der Waals surface area contributed by atoms with Gasteiger partial charge in [-0.05, 0) is 19.9 Å². The maximum atomic E-state index is 12.5. The number of carboxylic acid groups (broad SMARTS) is 1. The number of aliphatic hydroxyl groups excluding tert-OH is 1. The van der Waals surface area contributed by atoms with Crippen LogP contribution in [0.25, 0.3) is 0 Å². The van der Waals surface area contributed by atoms with Crippen LogP contribution in [0.15, 0.2) is 21.3 Å². The highest BCUT2D eigenvalue weighted by atomic mass is 32.2. The number of aliphatic carboxylic acids is 1. The maximum Gasteiger partial charge on any atom is 0.353 e. The van der Waals surface area contributed by atoms with E-state index in [4.69, 9.17) is 4.42 Å². The average molecular weight is 478 g/mol. The highest BCUT2D eigenvalue weighted by Gasteiger charge is 2.60. The van der Waals surface area contributed by atoms with Crippen LogP contribution in [-0.4, -0.2) is 87.5 Å². The summed E-state index contributed by atoms with van der Waals surface area (Å²) in [4.78, 5) is 44.9. The number of fused-ring (bicyclic) bond motifs is 1. The molecular weight excluding hydrogens is 450 g/mol. The van der Waals surface area contributed by atoms with Crippen molar-refractivity contribution in [3.8, 4) is 0 Å². The SMILES string of the molecule is C[C@@H](O)[C@H]1C(=O)N2C(C(=O)O)=C(SC3CN(c4nc(C(=O)N[C@H]5CCNC5)co4)C3)[C@H](C)[C@H]12. The van der Waals surface area contributed by atoms with Crippen molar-refractivity contribution < 1.29 is 29.0 Å². The largest absolute Gasteiger partial charge is 0.477 e. The van der Waals surface area contributed by atoms with Crippen molar-refractivity contribution in [3.63, 3.8) is 0 Å². The number of carboxylic acids is 1. The zero-order valence-corrected chi connectivity index (χ0v) is 19.2. The first-order valence-electron chi connectivity index (χ1n) is 11.1. The molecule has 3 saturated heterocycles. The van der Waals surface area contributed by atoms with E-state index < -0.39 is 18.0 Å². The monoisotopic (exact) mass is 477 g/mol. The van der Waals surface area contributed by atoms with E-state index in [2.05, 4.69) is 15.6 Å². The molecule has 0 aromatic carbocycles. The van der Waals surface area contributed by atoms with Gasteiger partial charge in [0.2, 0.25) is 5.91 Å². The Bertz CT molecular complexity index is 1010. The van der Waals surface area contributed by atoms with Crippen molar-refractivity contribution in [2.24, 2.45) is 11.8 Å². The molecule has 0 bridgehead atoms. The standard InChI is InChI=1S/C21H27N5O6S/c1-9-15-14(10(2)27)19(29)26(15)16(20(30)31)17(9)33-12-6-25(7-12)21-24-13(8-32-21)18(28)23-11-3-4-22-5-11/h8-12,14-15,22,27H,3-7H2,1-2H3,(H,23,28)(H,30,31)/t9-,10-,11+,14-,15-/m1/s1. The molecule has 5 heterocycles. The van der Waals surface area contributed by atoms with Crippen molar-refractivity contribution in [1.82, 2.24) is 20.5 Å². The molecule has 2 amide bonds. The lowest BCUT2D eigenvalue weighted by Gasteiger charge is -2.46. The van der Waals surface area contributed by atoms with Gasteiger partial charge in [-0.2, -0.15) is 4.98 Å². The summed E-state index contributed by atoms with van der Waals surface area (Å²) in [5, 5.41) is 25.9. The van der Waals surface area contributed by atoms with E-state index in [1.54, 1.807) is 6.92 Å². The predicted octanol–water partition coefficient (Wildman–Crippen LogP) is -0.158. The van der Waals surface area contributed by atoms with Gasteiger partial charge in [-0.1, -0.05) is 6.92 Å². The first-order chi connectivity index (χ1) is 15.8. The van der Waals surface area contributed by atoms with Gasteiger partial charge >= 0.3 is 5.97 Å². The molecule has 12 heteroatoms. The summed E-state index contributed by atoms with van der Waals surface area (Å²) in [6.07, 6.45) is 1.42. The van der Waals surface area contributed by atoms with Gasteiger partial charge in [-0.3, -0.25) is 9.59 Å². The third-order valence-corrected chi connectivity index (χ3v) is 8.29. The minimum absolute atomic E-state index is 0.0364. The van der Waals surface area contributed by atoms with E-state index in [-0.39, 0.29) is 46.5 Å². The van der Waals surface area contributed by atoms with Crippen LogP contribution < -0.4 is 15.5 Å². The highest BCUT2D eigenvalue weighted by Crippen LogP contribution is 2.52. The van der Waals surface area contributed by atoms with Gasteiger partial charge in [0.05, 0.1) is 18.1 Å². The maximum absolute atomic E-state index is 12.5. The lowest BCUT2D eigenvalue weighted by Crippen LogP contribution is -2.63. The number of aliphatic hydroxyl groups is 1. The number of carbonyl (C=O) groups excluding carboxylic acids is 2. The van der Waals surface area contributed by atoms with E-state index in [0.29, 0.717) is 24.0 Å². The van der Waals surface area contributed by atoms with E-state index in [1.807, 2.05) is 11.8 Å². The van der Waals surface area contributed by atoms with Crippen LogP contribution in [0.1, 0.15) is 30.8 Å². The summed E-state index contributed by atoms with van der Waals surface area (Å²) in [6, 6.07) is 0.144. The van der Waals surface area contributed by atoms with Crippen LogP contribution in [0.5, 0.6) is 0 Å². The number of rotatable bonds is 7. The molecule has 33 heavy (non-hydrogen) atoms. The normalized spacial score (nSPS) is 30.2. The summed E-state index contributed by atoms with van der Waals surface area (Å²) in [5.41, 5.74) is 0.273. The molecule has 178 valence electrons. The Morgan fingerprint density at radius 1 is 1.39 bits per heavy atom. The number of nitrogens with zero attached hydrogens (tertiary/aromatic N) is 3. The van der Waals surface area contributed by atoms with Crippen LogP contribution in [0.4, 0.5) is 6.01 Å². The van der Waals surface area contributed by atoms with Crippen molar-refractivity contribution in [1.29, 1.82) is 0 Å². The number of β-lactam (4-membered cyclic amide) rings is 1. The van der Waals surface area contributed by atoms with Crippen molar-refractivity contribution in [2.45, 2.75) is 43.7 Å². The quantitative estimate of drug-likeness (QED) is 0.391. The predicted molar refractivity (Wildman–Crippen MR) is 118 cm³/mol. The van der Waals surface area contributed by atoms with Gasteiger partial charge in [0.1, 0.15) is 12.0 Å². The van der Waals surface area contributed by atoms with Crippen LogP contribution in [0.3, 0.4) is 0 Å². The van der Waals surface area contributed by atoms with E-state index in [9.17, 15) is 24.6 Å². The van der Waals surface area contributed by atoms with E-state index >= 15 is 0 Å². The number of nitrogens with one attached hydrogen (secondary N) is 2. The van der Waals surface area contributed by atoms with E-state index in [0.717, 1.165) is 19.5 Å². The molecule has 0 spiro atoms. The van der Waals surface area contributed by atoms with Crippen molar-refractivity contribution in [3.05, 3.63) is 22.6 Å². The molecule has 1 aromatic rings. The van der Waals surface area contributed by atoms with E-state index in [1.165, 1.54) is 22.9 Å². The molecule has 1 aromatic heterocycles. The number of amides is 2. The summed E-state index contributed by atoms with van der Waals surface area (Å²) in [5.74, 6) is -2.44. The number of hydrogen-bond donors (Lipinski definition) is 4. The molecular formula is C21H27N5O6S. The second kappa shape index (κ2) is 8.33. The molecule has 4 aliphatic heterocycles.